The van der Waals surface area contributed by atoms with Crippen molar-refractivity contribution in [3.63, 3.8) is 0 Å². The molecule has 1 fully saturated rings. The summed E-state index contributed by atoms with van der Waals surface area (Å²) in [5, 5.41) is 3.73. The lowest BCUT2D eigenvalue weighted by molar-refractivity contribution is 0.137. The van der Waals surface area contributed by atoms with E-state index in [0.717, 1.165) is 12.6 Å². The Hall–Kier alpha value is -0.0400. The summed E-state index contributed by atoms with van der Waals surface area (Å²) in [4.78, 5) is 0. The minimum Gasteiger partial charge on any atom is -0.314 e. The van der Waals surface area contributed by atoms with Gasteiger partial charge >= 0.3 is 0 Å². The molecule has 1 saturated carbocycles. The third-order valence-corrected chi connectivity index (χ3v) is 4.13. The molecule has 15 heavy (non-hydrogen) atoms. The first kappa shape index (κ1) is 13.0. The molecule has 1 aliphatic rings. The van der Waals surface area contributed by atoms with Gasteiger partial charge in [0, 0.05) is 6.04 Å². The summed E-state index contributed by atoms with van der Waals surface area (Å²) in [6, 6.07) is 0.766. The molecule has 0 amide bonds. The summed E-state index contributed by atoms with van der Waals surface area (Å²) in [5.41, 5.74) is 0.587. The van der Waals surface area contributed by atoms with Crippen LogP contribution in [0.4, 0.5) is 0 Å². The van der Waals surface area contributed by atoms with Gasteiger partial charge in [-0.15, -0.1) is 0 Å². The first-order chi connectivity index (χ1) is 7.23. The molecule has 0 radical (unpaired) electrons. The fraction of sp³-hybridized carbons (Fsp3) is 1.00. The molecule has 1 nitrogen and oxygen atoms in total. The van der Waals surface area contributed by atoms with Crippen molar-refractivity contribution in [1.82, 2.24) is 5.32 Å². The highest BCUT2D eigenvalue weighted by Crippen LogP contribution is 2.40. The van der Waals surface area contributed by atoms with Gasteiger partial charge in [0.05, 0.1) is 0 Å². The van der Waals surface area contributed by atoms with Gasteiger partial charge in [-0.25, -0.2) is 0 Å². The maximum absolute atomic E-state index is 3.73. The van der Waals surface area contributed by atoms with E-state index in [-0.39, 0.29) is 0 Å². The van der Waals surface area contributed by atoms with Gasteiger partial charge in [-0.1, -0.05) is 52.9 Å². The molecule has 1 aliphatic carbocycles. The number of rotatable bonds is 6. The predicted molar refractivity (Wildman–Crippen MR) is 68.2 cm³/mol. The van der Waals surface area contributed by atoms with Crippen LogP contribution in [0.3, 0.4) is 0 Å². The molecule has 0 saturated heterocycles. The van der Waals surface area contributed by atoms with Crippen molar-refractivity contribution in [3.8, 4) is 0 Å². The topological polar surface area (TPSA) is 12.0 Å². The number of hydrogen-bond acceptors (Lipinski definition) is 1. The molecule has 1 N–H and O–H groups in total. The van der Waals surface area contributed by atoms with Crippen LogP contribution in [-0.4, -0.2) is 12.6 Å². The average molecular weight is 211 g/mol. The van der Waals surface area contributed by atoms with E-state index in [4.69, 9.17) is 0 Å². The first-order valence-corrected chi connectivity index (χ1v) is 6.96. The molecule has 0 aromatic rings. The number of nitrogens with one attached hydrogen (secondary N) is 1. The minimum atomic E-state index is 0.587. The molecule has 1 atom stereocenters. The zero-order chi connectivity index (χ0) is 11.1. The molecule has 0 bridgehead atoms. The molecular weight excluding hydrogens is 182 g/mol. The van der Waals surface area contributed by atoms with Crippen molar-refractivity contribution in [2.24, 2.45) is 5.41 Å². The lowest BCUT2D eigenvalue weighted by atomic mass is 9.69. The summed E-state index contributed by atoms with van der Waals surface area (Å²) in [7, 11) is 0. The Labute approximate surface area is 96.0 Å². The molecule has 1 unspecified atom stereocenters. The van der Waals surface area contributed by atoms with Crippen molar-refractivity contribution < 1.29 is 0 Å². The van der Waals surface area contributed by atoms with Crippen molar-refractivity contribution in [2.75, 3.05) is 6.54 Å². The second-order valence-electron chi connectivity index (χ2n) is 5.47. The zero-order valence-electron chi connectivity index (χ0n) is 10.9. The Morgan fingerprint density at radius 1 is 1.13 bits per heavy atom. The Morgan fingerprint density at radius 3 is 2.33 bits per heavy atom. The highest BCUT2D eigenvalue weighted by Gasteiger charge is 2.34. The van der Waals surface area contributed by atoms with E-state index in [0.29, 0.717) is 5.41 Å². The third-order valence-electron chi connectivity index (χ3n) is 4.13. The second kappa shape index (κ2) is 6.52. The van der Waals surface area contributed by atoms with E-state index in [9.17, 15) is 0 Å². The molecular formula is C14H29N. The van der Waals surface area contributed by atoms with Gasteiger partial charge in [-0.2, -0.15) is 0 Å². The Bertz CT molecular complexity index is 159. The maximum atomic E-state index is 3.73. The first-order valence-electron chi connectivity index (χ1n) is 6.96. The van der Waals surface area contributed by atoms with E-state index in [2.05, 4.69) is 26.1 Å². The lowest BCUT2D eigenvalue weighted by Gasteiger charge is -2.41. The van der Waals surface area contributed by atoms with E-state index >= 15 is 0 Å². The summed E-state index contributed by atoms with van der Waals surface area (Å²) in [6.45, 7) is 8.18. The summed E-state index contributed by atoms with van der Waals surface area (Å²) < 4.78 is 0. The van der Waals surface area contributed by atoms with Gasteiger partial charge in [0.15, 0.2) is 0 Å². The van der Waals surface area contributed by atoms with Crippen LogP contribution in [0.15, 0.2) is 0 Å². The van der Waals surface area contributed by atoms with Gasteiger partial charge in [0.2, 0.25) is 0 Å². The van der Waals surface area contributed by atoms with E-state index in [1.54, 1.807) is 0 Å². The third kappa shape index (κ3) is 3.79. The molecule has 1 rings (SSSR count). The lowest BCUT2D eigenvalue weighted by Crippen LogP contribution is -2.44. The smallest absolute Gasteiger partial charge is 0.0121 e. The minimum absolute atomic E-state index is 0.587. The largest absolute Gasteiger partial charge is 0.314 e. The van der Waals surface area contributed by atoms with Crippen molar-refractivity contribution in [3.05, 3.63) is 0 Å². The van der Waals surface area contributed by atoms with E-state index < -0.39 is 0 Å². The van der Waals surface area contributed by atoms with Crippen molar-refractivity contribution in [1.29, 1.82) is 0 Å². The molecule has 0 spiro atoms. The molecule has 1 heteroatoms. The van der Waals surface area contributed by atoms with Gasteiger partial charge in [-0.05, 0) is 31.2 Å². The Balaban J connectivity index is 2.50. The van der Waals surface area contributed by atoms with Crippen LogP contribution in [-0.2, 0) is 0 Å². The summed E-state index contributed by atoms with van der Waals surface area (Å²) in [5.74, 6) is 0. The number of hydrogen-bond donors (Lipinski definition) is 1. The van der Waals surface area contributed by atoms with Crippen LogP contribution in [0.1, 0.15) is 72.1 Å². The van der Waals surface area contributed by atoms with E-state index in [1.165, 1.54) is 51.4 Å². The average Bonchev–Trinajstić information content (AvgIpc) is 2.25. The molecule has 90 valence electrons. The molecule has 0 heterocycles. The van der Waals surface area contributed by atoms with Gasteiger partial charge in [-0.3, -0.25) is 0 Å². The highest BCUT2D eigenvalue weighted by atomic mass is 14.9. The van der Waals surface area contributed by atoms with Gasteiger partial charge < -0.3 is 5.32 Å². The highest BCUT2D eigenvalue weighted by molar-refractivity contribution is 4.89. The quantitative estimate of drug-likeness (QED) is 0.696. The predicted octanol–water partition coefficient (Wildman–Crippen LogP) is 4.13. The maximum Gasteiger partial charge on any atom is 0.0121 e. The van der Waals surface area contributed by atoms with Crippen molar-refractivity contribution in [2.45, 2.75) is 78.2 Å². The second-order valence-corrected chi connectivity index (χ2v) is 5.47. The fourth-order valence-electron chi connectivity index (χ4n) is 3.06. The van der Waals surface area contributed by atoms with Crippen LogP contribution in [0, 0.1) is 5.41 Å². The van der Waals surface area contributed by atoms with E-state index in [1.807, 2.05) is 0 Å². The SMILES string of the molecule is CCCCC(NCC)C1(C)CCCCC1. The zero-order valence-corrected chi connectivity index (χ0v) is 10.9. The van der Waals surface area contributed by atoms with Gasteiger partial charge in [0.1, 0.15) is 0 Å². The fourth-order valence-corrected chi connectivity index (χ4v) is 3.06. The number of unbranched alkanes of at least 4 members (excludes halogenated alkanes) is 1. The Morgan fingerprint density at radius 2 is 1.80 bits per heavy atom. The van der Waals surface area contributed by atoms with Crippen LogP contribution in [0.25, 0.3) is 0 Å². The normalized spacial score (nSPS) is 22.6. The monoisotopic (exact) mass is 211 g/mol. The van der Waals surface area contributed by atoms with Gasteiger partial charge in [0.25, 0.3) is 0 Å². The Kier molecular flexibility index (Phi) is 5.66. The van der Waals surface area contributed by atoms with Crippen molar-refractivity contribution >= 4 is 0 Å². The summed E-state index contributed by atoms with van der Waals surface area (Å²) in [6.07, 6.45) is 11.3. The van der Waals surface area contributed by atoms with Crippen LogP contribution >= 0.6 is 0 Å². The molecule has 0 aliphatic heterocycles. The standard InChI is InChI=1S/C14H29N/c1-4-6-10-13(15-5-2)14(3)11-8-7-9-12-14/h13,15H,4-12H2,1-3H3. The van der Waals surface area contributed by atoms with Crippen LogP contribution in [0.2, 0.25) is 0 Å². The molecule has 0 aromatic heterocycles. The molecule has 0 aromatic carbocycles. The van der Waals surface area contributed by atoms with Crippen LogP contribution < -0.4 is 5.32 Å². The summed E-state index contributed by atoms with van der Waals surface area (Å²) >= 11 is 0. The van der Waals surface area contributed by atoms with Crippen LogP contribution in [0.5, 0.6) is 0 Å².